The zero-order chi connectivity index (χ0) is 18.4. The number of fused-ring (bicyclic) bond motifs is 3. The topological polar surface area (TPSA) is 72.0 Å². The molecule has 5 nitrogen and oxygen atoms in total. The van der Waals surface area contributed by atoms with Gasteiger partial charge in [-0.1, -0.05) is 17.7 Å². The predicted octanol–water partition coefficient (Wildman–Crippen LogP) is 3.76. The first kappa shape index (κ1) is 17.0. The first-order valence-electron chi connectivity index (χ1n) is 8.72. The summed E-state index contributed by atoms with van der Waals surface area (Å²) in [5.74, 6) is -0.00499. The lowest BCUT2D eigenvalue weighted by Gasteiger charge is -2.11. The number of hydrogen-bond acceptors (Lipinski definition) is 5. The molecule has 6 heteroatoms. The van der Waals surface area contributed by atoms with Crippen LogP contribution in [0.4, 0.5) is 0 Å². The summed E-state index contributed by atoms with van der Waals surface area (Å²) in [6.45, 7) is 5.75. The van der Waals surface area contributed by atoms with Gasteiger partial charge in [0.1, 0.15) is 17.3 Å². The minimum absolute atomic E-state index is 0.0423. The summed E-state index contributed by atoms with van der Waals surface area (Å²) < 4.78 is 5.43. The van der Waals surface area contributed by atoms with Gasteiger partial charge in [0.2, 0.25) is 0 Å². The third-order valence-corrected chi connectivity index (χ3v) is 6.03. The van der Waals surface area contributed by atoms with Gasteiger partial charge in [-0.05, 0) is 56.7 Å². The molecule has 1 aromatic carbocycles. The number of hydrogen-bond donors (Lipinski definition) is 1. The number of benzene rings is 1. The summed E-state index contributed by atoms with van der Waals surface area (Å²) in [6, 6.07) is 3.92. The lowest BCUT2D eigenvalue weighted by Crippen LogP contribution is -2.15. The molecule has 0 atom stereocenters. The second kappa shape index (κ2) is 6.36. The maximum Gasteiger partial charge on any atom is 0.339 e. The third kappa shape index (κ3) is 2.84. The van der Waals surface area contributed by atoms with E-state index in [4.69, 9.17) is 4.74 Å². The van der Waals surface area contributed by atoms with Crippen molar-refractivity contribution in [3.8, 4) is 0 Å². The van der Waals surface area contributed by atoms with E-state index in [1.54, 1.807) is 11.3 Å². The summed E-state index contributed by atoms with van der Waals surface area (Å²) in [5, 5.41) is 0.711. The smallest absolute Gasteiger partial charge is 0.339 e. The molecule has 134 valence electrons. The van der Waals surface area contributed by atoms with Gasteiger partial charge >= 0.3 is 5.97 Å². The fourth-order valence-corrected chi connectivity index (χ4v) is 5.10. The molecule has 0 saturated heterocycles. The quantitative estimate of drug-likeness (QED) is 0.715. The van der Waals surface area contributed by atoms with E-state index in [0.717, 1.165) is 46.3 Å². The van der Waals surface area contributed by atoms with Crippen LogP contribution in [0.15, 0.2) is 16.9 Å². The van der Waals surface area contributed by atoms with Crippen LogP contribution < -0.4 is 5.56 Å². The molecule has 0 saturated carbocycles. The zero-order valence-electron chi connectivity index (χ0n) is 15.1. The summed E-state index contributed by atoms with van der Waals surface area (Å²) in [4.78, 5) is 34.2. The number of ether oxygens (including phenoxy) is 1. The molecular weight excluding hydrogens is 348 g/mol. The fourth-order valence-electron chi connectivity index (χ4n) is 3.82. The number of H-pyrrole nitrogens is 1. The lowest BCUT2D eigenvalue weighted by atomic mass is 10.00. The first-order chi connectivity index (χ1) is 12.4. The van der Waals surface area contributed by atoms with E-state index in [0.29, 0.717) is 16.8 Å². The Labute approximate surface area is 155 Å². The van der Waals surface area contributed by atoms with Crippen molar-refractivity contribution in [2.45, 2.75) is 46.6 Å². The van der Waals surface area contributed by atoms with Crippen LogP contribution in [0.1, 0.15) is 49.7 Å². The van der Waals surface area contributed by atoms with Crippen molar-refractivity contribution < 1.29 is 9.53 Å². The van der Waals surface area contributed by atoms with Gasteiger partial charge in [-0.3, -0.25) is 4.79 Å². The van der Waals surface area contributed by atoms with E-state index in [1.165, 1.54) is 4.88 Å². The van der Waals surface area contributed by atoms with Gasteiger partial charge in [0, 0.05) is 4.88 Å². The van der Waals surface area contributed by atoms with Crippen molar-refractivity contribution in [3.63, 3.8) is 0 Å². The number of aryl methyl sites for hydroxylation is 5. The average Bonchev–Trinajstić information content (AvgIpc) is 3.12. The number of rotatable bonds is 3. The highest BCUT2D eigenvalue weighted by Crippen LogP contribution is 2.34. The molecule has 0 spiro atoms. The molecule has 0 aliphatic heterocycles. The number of aromatic amines is 1. The third-order valence-electron chi connectivity index (χ3n) is 4.85. The lowest BCUT2D eigenvalue weighted by molar-refractivity contribution is 0.0460. The number of thiophene rings is 1. The Hall–Kier alpha value is -2.47. The minimum atomic E-state index is -0.392. The molecule has 26 heavy (non-hydrogen) atoms. The second-order valence-electron chi connectivity index (χ2n) is 6.90. The molecule has 4 rings (SSSR count). The van der Waals surface area contributed by atoms with Gasteiger partial charge in [-0.2, -0.15) is 0 Å². The van der Waals surface area contributed by atoms with Gasteiger partial charge in [-0.15, -0.1) is 11.3 Å². The number of carbonyl (C=O) groups is 1. The molecule has 0 amide bonds. The first-order valence-corrected chi connectivity index (χ1v) is 9.54. The molecule has 0 bridgehead atoms. The van der Waals surface area contributed by atoms with Crippen LogP contribution in [0.3, 0.4) is 0 Å². The number of nitrogens with one attached hydrogen (secondary N) is 1. The highest BCUT2D eigenvalue weighted by molar-refractivity contribution is 7.18. The van der Waals surface area contributed by atoms with Crippen molar-refractivity contribution in [2.24, 2.45) is 0 Å². The van der Waals surface area contributed by atoms with E-state index < -0.39 is 5.97 Å². The van der Waals surface area contributed by atoms with Crippen molar-refractivity contribution in [3.05, 3.63) is 61.0 Å². The molecule has 0 unspecified atom stereocenters. The second-order valence-corrected chi connectivity index (χ2v) is 7.98. The summed E-state index contributed by atoms with van der Waals surface area (Å²) in [7, 11) is 0. The summed E-state index contributed by atoms with van der Waals surface area (Å²) in [6.07, 6.45) is 3.07. The van der Waals surface area contributed by atoms with Crippen LogP contribution in [0.25, 0.3) is 10.2 Å². The van der Waals surface area contributed by atoms with E-state index >= 15 is 0 Å². The Morgan fingerprint density at radius 3 is 2.69 bits per heavy atom. The zero-order valence-corrected chi connectivity index (χ0v) is 15.9. The van der Waals surface area contributed by atoms with Crippen molar-refractivity contribution >= 4 is 27.5 Å². The Morgan fingerprint density at radius 1 is 1.23 bits per heavy atom. The van der Waals surface area contributed by atoms with Gasteiger partial charge in [-0.25, -0.2) is 9.78 Å². The van der Waals surface area contributed by atoms with Crippen LogP contribution in [0.2, 0.25) is 0 Å². The van der Waals surface area contributed by atoms with Crippen LogP contribution in [-0.4, -0.2) is 15.9 Å². The predicted molar refractivity (Wildman–Crippen MR) is 102 cm³/mol. The molecule has 0 radical (unpaired) electrons. The standard InChI is InChI=1S/C20H20N2O3S/c1-10-7-11(2)16(12(3)8-10)20(24)25-9-15-21-18(23)17-13-5-4-6-14(13)26-19(17)22-15/h7-8H,4-6,9H2,1-3H3,(H,21,22,23). The Bertz CT molecular complexity index is 1070. The van der Waals surface area contributed by atoms with Gasteiger partial charge in [0.05, 0.1) is 10.9 Å². The maximum absolute atomic E-state index is 12.5. The highest BCUT2D eigenvalue weighted by atomic mass is 32.1. The number of nitrogens with zero attached hydrogens (tertiary/aromatic N) is 1. The monoisotopic (exact) mass is 368 g/mol. The molecule has 1 N–H and O–H groups in total. The largest absolute Gasteiger partial charge is 0.454 e. The number of carbonyl (C=O) groups excluding carboxylic acids is 1. The van der Waals surface area contributed by atoms with Gasteiger partial charge < -0.3 is 9.72 Å². The van der Waals surface area contributed by atoms with Gasteiger partial charge in [0.25, 0.3) is 5.56 Å². The molecule has 0 fully saturated rings. The van der Waals surface area contributed by atoms with Crippen LogP contribution >= 0.6 is 11.3 Å². The highest BCUT2D eigenvalue weighted by Gasteiger charge is 2.21. The summed E-state index contributed by atoms with van der Waals surface area (Å²) in [5.41, 5.74) is 4.47. The molecule has 2 aromatic heterocycles. The Morgan fingerprint density at radius 2 is 1.96 bits per heavy atom. The molecule has 2 heterocycles. The molecular formula is C20H20N2O3S. The fraction of sp³-hybridized carbons (Fsp3) is 0.350. The van der Waals surface area contributed by atoms with Crippen LogP contribution in [0.5, 0.6) is 0 Å². The molecule has 3 aromatic rings. The average molecular weight is 368 g/mol. The van der Waals surface area contributed by atoms with E-state index in [1.807, 2.05) is 32.9 Å². The van der Waals surface area contributed by atoms with E-state index in [9.17, 15) is 9.59 Å². The molecule has 1 aliphatic carbocycles. The number of esters is 1. The van der Waals surface area contributed by atoms with E-state index in [-0.39, 0.29) is 12.2 Å². The maximum atomic E-state index is 12.5. The Kier molecular flexibility index (Phi) is 4.15. The van der Waals surface area contributed by atoms with Gasteiger partial charge in [0.15, 0.2) is 0 Å². The minimum Gasteiger partial charge on any atom is -0.454 e. The number of aromatic nitrogens is 2. The SMILES string of the molecule is Cc1cc(C)c(C(=O)OCc2nc3sc4c(c3c(=O)[nH]2)CCC4)c(C)c1. The normalized spacial score (nSPS) is 13.2. The molecule has 1 aliphatic rings. The van der Waals surface area contributed by atoms with Crippen molar-refractivity contribution in [2.75, 3.05) is 0 Å². The van der Waals surface area contributed by atoms with Crippen molar-refractivity contribution in [1.29, 1.82) is 0 Å². The Balaban J connectivity index is 1.59. The summed E-state index contributed by atoms with van der Waals surface area (Å²) >= 11 is 1.58. The van der Waals surface area contributed by atoms with Crippen LogP contribution in [0, 0.1) is 20.8 Å². The van der Waals surface area contributed by atoms with Crippen LogP contribution in [-0.2, 0) is 24.2 Å². The van der Waals surface area contributed by atoms with E-state index in [2.05, 4.69) is 9.97 Å². The van der Waals surface area contributed by atoms with Crippen molar-refractivity contribution in [1.82, 2.24) is 9.97 Å².